The summed E-state index contributed by atoms with van der Waals surface area (Å²) in [5, 5.41) is 5.90. The highest BCUT2D eigenvalue weighted by molar-refractivity contribution is 7.80. The minimum Gasteiger partial charge on any atom is -0.487 e. The maximum absolute atomic E-state index is 13.1. The lowest BCUT2D eigenvalue weighted by atomic mass is 9.89. The van der Waals surface area contributed by atoms with Crippen LogP contribution in [0.3, 0.4) is 0 Å². The fourth-order valence-corrected chi connectivity index (χ4v) is 3.73. The predicted molar refractivity (Wildman–Crippen MR) is 109 cm³/mol. The molecule has 28 heavy (non-hydrogen) atoms. The van der Waals surface area contributed by atoms with E-state index in [1.54, 1.807) is 0 Å². The molecule has 1 atom stereocenters. The topological polar surface area (TPSA) is 33.3 Å². The fourth-order valence-electron chi connectivity index (χ4n) is 3.25. The van der Waals surface area contributed by atoms with E-state index in [1.165, 1.54) is 12.1 Å². The number of alkyl halides is 3. The summed E-state index contributed by atoms with van der Waals surface area (Å²) in [5.41, 5.74) is 0.954. The Morgan fingerprint density at radius 1 is 1.21 bits per heavy atom. The first-order valence-electron chi connectivity index (χ1n) is 8.68. The Labute approximate surface area is 172 Å². The van der Waals surface area contributed by atoms with Crippen LogP contribution >= 0.6 is 23.8 Å². The van der Waals surface area contributed by atoms with Crippen LogP contribution in [0.4, 0.5) is 18.9 Å². The van der Waals surface area contributed by atoms with Gasteiger partial charge in [-0.2, -0.15) is 13.2 Å². The van der Waals surface area contributed by atoms with Crippen molar-refractivity contribution < 1.29 is 17.9 Å². The number of hydrogen-bond donors (Lipinski definition) is 2. The van der Waals surface area contributed by atoms with Crippen LogP contribution in [0.15, 0.2) is 36.4 Å². The zero-order chi connectivity index (χ0) is 20.7. The predicted octanol–water partition coefficient (Wildman–Crippen LogP) is 6.26. The molecule has 0 bridgehead atoms. The van der Waals surface area contributed by atoms with Crippen molar-refractivity contribution >= 4 is 34.6 Å². The lowest BCUT2D eigenvalue weighted by Crippen LogP contribution is -2.42. The number of thiocarbonyl (C=S) groups is 1. The van der Waals surface area contributed by atoms with Gasteiger partial charge in [-0.05, 0) is 57.3 Å². The molecule has 0 aromatic heterocycles. The molecule has 0 saturated heterocycles. The number of halogens is 4. The van der Waals surface area contributed by atoms with Crippen LogP contribution in [0.5, 0.6) is 5.75 Å². The van der Waals surface area contributed by atoms with E-state index in [4.69, 9.17) is 28.6 Å². The molecule has 0 aliphatic carbocycles. The molecule has 8 heteroatoms. The maximum Gasteiger partial charge on any atom is 0.417 e. The number of rotatable bonds is 2. The van der Waals surface area contributed by atoms with Gasteiger partial charge in [-0.25, -0.2) is 0 Å². The molecule has 0 radical (unpaired) electrons. The molecule has 2 aromatic carbocycles. The number of ether oxygens (including phenoxy) is 1. The first-order chi connectivity index (χ1) is 12.9. The van der Waals surface area contributed by atoms with Crippen molar-refractivity contribution in [2.24, 2.45) is 0 Å². The van der Waals surface area contributed by atoms with Gasteiger partial charge < -0.3 is 15.4 Å². The Balaban J connectivity index is 1.80. The quantitative estimate of drug-likeness (QED) is 0.553. The molecule has 1 aliphatic rings. The van der Waals surface area contributed by atoms with E-state index >= 15 is 0 Å². The van der Waals surface area contributed by atoms with Crippen molar-refractivity contribution in [2.75, 3.05) is 5.32 Å². The van der Waals surface area contributed by atoms with E-state index in [0.717, 1.165) is 22.9 Å². The van der Waals surface area contributed by atoms with Crippen LogP contribution in [-0.4, -0.2) is 10.7 Å². The molecular weight excluding hydrogens is 409 g/mol. The van der Waals surface area contributed by atoms with Gasteiger partial charge in [0.2, 0.25) is 0 Å². The number of benzene rings is 2. The van der Waals surface area contributed by atoms with Crippen molar-refractivity contribution in [2.45, 2.75) is 45.0 Å². The summed E-state index contributed by atoms with van der Waals surface area (Å²) < 4.78 is 45.2. The standard InChI is InChI=1S/C20H20ClF3N2OS/c1-11-4-7-17-13(8-11)16(10-19(2,3)27-17)26-18(28)25-12-5-6-15(21)14(9-12)20(22,23)24/h4-9,16H,10H2,1-3H3,(H2,25,26,28)/t16-/m0/s1. The van der Waals surface area contributed by atoms with Gasteiger partial charge in [-0.1, -0.05) is 29.3 Å². The summed E-state index contributed by atoms with van der Waals surface area (Å²) in [6.07, 6.45) is -3.88. The smallest absolute Gasteiger partial charge is 0.417 e. The molecule has 2 N–H and O–H groups in total. The molecule has 0 saturated carbocycles. The average molecular weight is 429 g/mol. The zero-order valence-electron chi connectivity index (χ0n) is 15.6. The minimum absolute atomic E-state index is 0.131. The maximum atomic E-state index is 13.1. The van der Waals surface area contributed by atoms with Gasteiger partial charge in [0.05, 0.1) is 16.6 Å². The van der Waals surface area contributed by atoms with Gasteiger partial charge in [0, 0.05) is 17.7 Å². The van der Waals surface area contributed by atoms with E-state index in [2.05, 4.69) is 10.6 Å². The van der Waals surface area contributed by atoms with Crippen LogP contribution in [0.1, 0.15) is 43.0 Å². The van der Waals surface area contributed by atoms with Gasteiger partial charge in [0.15, 0.2) is 5.11 Å². The van der Waals surface area contributed by atoms with E-state index in [9.17, 15) is 13.2 Å². The Kier molecular flexibility index (Phi) is 5.51. The summed E-state index contributed by atoms with van der Waals surface area (Å²) in [4.78, 5) is 0. The summed E-state index contributed by atoms with van der Waals surface area (Å²) in [7, 11) is 0. The minimum atomic E-state index is -4.54. The van der Waals surface area contributed by atoms with Crippen LogP contribution < -0.4 is 15.4 Å². The number of hydrogen-bond acceptors (Lipinski definition) is 2. The highest BCUT2D eigenvalue weighted by Gasteiger charge is 2.35. The summed E-state index contributed by atoms with van der Waals surface area (Å²) in [6.45, 7) is 5.95. The molecular formula is C20H20ClF3N2OS. The van der Waals surface area contributed by atoms with Crippen LogP contribution in [0, 0.1) is 6.92 Å². The van der Waals surface area contributed by atoms with Crippen LogP contribution in [-0.2, 0) is 6.18 Å². The van der Waals surface area contributed by atoms with Gasteiger partial charge in [-0.3, -0.25) is 0 Å². The third kappa shape index (κ3) is 4.70. The molecule has 2 aromatic rings. The van der Waals surface area contributed by atoms with E-state index in [0.29, 0.717) is 6.42 Å². The fraction of sp³-hybridized carbons (Fsp3) is 0.350. The summed E-state index contributed by atoms with van der Waals surface area (Å²) >= 11 is 11.0. The molecule has 3 nitrogen and oxygen atoms in total. The number of fused-ring (bicyclic) bond motifs is 1. The molecule has 0 spiro atoms. The second-order valence-corrected chi connectivity index (χ2v) is 8.27. The molecule has 3 rings (SSSR count). The number of aryl methyl sites for hydroxylation is 1. The Bertz CT molecular complexity index is 915. The molecule has 150 valence electrons. The van der Waals surface area contributed by atoms with Crippen molar-refractivity contribution in [3.8, 4) is 5.75 Å². The molecule has 1 aliphatic heterocycles. The number of anilines is 1. The molecule has 1 heterocycles. The third-order valence-electron chi connectivity index (χ3n) is 4.46. The second-order valence-electron chi connectivity index (χ2n) is 7.45. The molecule has 0 amide bonds. The van der Waals surface area contributed by atoms with E-state index in [1.807, 2.05) is 39.0 Å². The SMILES string of the molecule is Cc1ccc2c(c1)[C@@H](NC(=S)Nc1ccc(Cl)c(C(F)(F)F)c1)CC(C)(C)O2. The monoisotopic (exact) mass is 428 g/mol. The second kappa shape index (κ2) is 7.44. The zero-order valence-corrected chi connectivity index (χ0v) is 17.1. The summed E-state index contributed by atoms with van der Waals surface area (Å²) in [6, 6.07) is 9.39. The molecule has 0 fully saturated rings. The third-order valence-corrected chi connectivity index (χ3v) is 5.01. The molecule has 0 unspecified atom stereocenters. The lowest BCUT2D eigenvalue weighted by Gasteiger charge is -2.38. The van der Waals surface area contributed by atoms with Crippen molar-refractivity contribution in [1.82, 2.24) is 5.32 Å². The van der Waals surface area contributed by atoms with Gasteiger partial charge >= 0.3 is 6.18 Å². The number of nitrogens with one attached hydrogen (secondary N) is 2. The summed E-state index contributed by atoms with van der Waals surface area (Å²) in [5.74, 6) is 0.771. The van der Waals surface area contributed by atoms with E-state index in [-0.39, 0.29) is 21.9 Å². The van der Waals surface area contributed by atoms with Gasteiger partial charge in [0.1, 0.15) is 11.4 Å². The lowest BCUT2D eigenvalue weighted by molar-refractivity contribution is -0.137. The Morgan fingerprint density at radius 2 is 1.93 bits per heavy atom. The average Bonchev–Trinajstić information content (AvgIpc) is 2.55. The first kappa shape index (κ1) is 20.7. The largest absolute Gasteiger partial charge is 0.487 e. The van der Waals surface area contributed by atoms with Crippen LogP contribution in [0.2, 0.25) is 5.02 Å². The van der Waals surface area contributed by atoms with Crippen molar-refractivity contribution in [3.05, 3.63) is 58.1 Å². The normalized spacial score (nSPS) is 18.0. The van der Waals surface area contributed by atoms with Crippen LogP contribution in [0.25, 0.3) is 0 Å². The Morgan fingerprint density at radius 3 is 2.61 bits per heavy atom. The highest BCUT2D eigenvalue weighted by atomic mass is 35.5. The highest BCUT2D eigenvalue weighted by Crippen LogP contribution is 2.40. The Hall–Kier alpha value is -1.99. The van der Waals surface area contributed by atoms with Gasteiger partial charge in [0.25, 0.3) is 0 Å². The van der Waals surface area contributed by atoms with Gasteiger partial charge in [-0.15, -0.1) is 0 Å². The van der Waals surface area contributed by atoms with E-state index < -0.39 is 17.3 Å². The van der Waals surface area contributed by atoms with Crippen molar-refractivity contribution in [3.63, 3.8) is 0 Å². The first-order valence-corrected chi connectivity index (χ1v) is 9.47. The van der Waals surface area contributed by atoms with Crippen molar-refractivity contribution in [1.29, 1.82) is 0 Å².